The molecule has 2 rings (SSSR count). The third-order valence-electron chi connectivity index (χ3n) is 4.32. The lowest BCUT2D eigenvalue weighted by atomic mass is 10.0. The van der Waals surface area contributed by atoms with Gasteiger partial charge in [-0.15, -0.1) is 0 Å². The molecule has 4 nitrogen and oxygen atoms in total. The van der Waals surface area contributed by atoms with E-state index in [9.17, 15) is 4.79 Å². The van der Waals surface area contributed by atoms with Crippen LogP contribution in [0, 0.1) is 13.8 Å². The quantitative estimate of drug-likeness (QED) is 0.878. The highest BCUT2D eigenvalue weighted by molar-refractivity contribution is 5.95. The molecule has 0 saturated heterocycles. The molecule has 4 heteroatoms. The highest BCUT2D eigenvalue weighted by Gasteiger charge is 2.19. The van der Waals surface area contributed by atoms with E-state index >= 15 is 0 Å². The van der Waals surface area contributed by atoms with Crippen molar-refractivity contribution in [3.05, 3.63) is 59.2 Å². The predicted molar refractivity (Wildman–Crippen MR) is 98.5 cm³/mol. The summed E-state index contributed by atoms with van der Waals surface area (Å²) in [5.74, 6) is 0.613. The van der Waals surface area contributed by atoms with Crippen LogP contribution >= 0.6 is 0 Å². The van der Waals surface area contributed by atoms with Crippen LogP contribution < -0.4 is 10.1 Å². The second kappa shape index (κ2) is 7.97. The Labute approximate surface area is 144 Å². The lowest BCUT2D eigenvalue weighted by Gasteiger charge is -2.25. The lowest BCUT2D eigenvalue weighted by molar-refractivity contribution is -0.120. The van der Waals surface area contributed by atoms with Gasteiger partial charge in [-0.3, -0.25) is 9.69 Å². The normalized spacial score (nSPS) is 12.1. The van der Waals surface area contributed by atoms with Crippen molar-refractivity contribution in [2.75, 3.05) is 19.5 Å². The van der Waals surface area contributed by atoms with Crippen LogP contribution in [0.3, 0.4) is 0 Å². The Kier molecular flexibility index (Phi) is 5.99. The van der Waals surface area contributed by atoms with Crippen molar-refractivity contribution in [1.29, 1.82) is 0 Å². The molecular formula is C20H26N2O2. The molecule has 2 aromatic carbocycles. The zero-order valence-electron chi connectivity index (χ0n) is 15.1. The molecule has 0 fully saturated rings. The molecule has 0 aliphatic carbocycles. The minimum atomic E-state index is -0.254. The molecule has 1 amide bonds. The molecule has 0 unspecified atom stereocenters. The number of methoxy groups -OCH3 is 1. The summed E-state index contributed by atoms with van der Waals surface area (Å²) in [6, 6.07) is 13.6. The average molecular weight is 326 g/mol. The zero-order valence-corrected chi connectivity index (χ0v) is 15.1. The molecule has 0 aliphatic rings. The van der Waals surface area contributed by atoms with Crippen molar-refractivity contribution in [2.45, 2.75) is 33.4 Å². The maximum atomic E-state index is 12.5. The monoisotopic (exact) mass is 326 g/mol. The number of carbonyl (C=O) groups excluding carboxylic acids is 1. The Hall–Kier alpha value is -2.33. The Bertz CT molecular complexity index is 713. The molecular weight excluding hydrogens is 300 g/mol. The lowest BCUT2D eigenvalue weighted by Crippen LogP contribution is -2.39. The van der Waals surface area contributed by atoms with Gasteiger partial charge in [0.05, 0.1) is 18.8 Å². The summed E-state index contributed by atoms with van der Waals surface area (Å²) in [6.45, 7) is 6.83. The molecule has 24 heavy (non-hydrogen) atoms. The first-order valence-corrected chi connectivity index (χ1v) is 8.12. The van der Waals surface area contributed by atoms with Gasteiger partial charge in [-0.25, -0.2) is 0 Å². The van der Waals surface area contributed by atoms with E-state index in [-0.39, 0.29) is 11.9 Å². The van der Waals surface area contributed by atoms with Gasteiger partial charge in [0.1, 0.15) is 5.75 Å². The minimum absolute atomic E-state index is 0.0493. The molecule has 0 bridgehead atoms. The van der Waals surface area contributed by atoms with Crippen LogP contribution in [-0.4, -0.2) is 31.0 Å². The fourth-order valence-electron chi connectivity index (χ4n) is 2.61. The molecule has 0 saturated carbocycles. The molecule has 0 aliphatic heterocycles. The number of para-hydroxylation sites is 2. The first-order chi connectivity index (χ1) is 11.4. The van der Waals surface area contributed by atoms with Gasteiger partial charge in [0, 0.05) is 6.54 Å². The van der Waals surface area contributed by atoms with Gasteiger partial charge in [-0.05, 0) is 51.1 Å². The summed E-state index contributed by atoms with van der Waals surface area (Å²) in [5, 5.41) is 2.95. The SMILES string of the molecule is COc1ccccc1NC(=O)[C@H](C)N(C)Cc1ccc(C)cc1C. The van der Waals surface area contributed by atoms with E-state index in [0.717, 1.165) is 6.54 Å². The van der Waals surface area contributed by atoms with Crippen LogP contribution in [0.4, 0.5) is 5.69 Å². The molecule has 0 spiro atoms. The third kappa shape index (κ3) is 4.36. The molecule has 1 N–H and O–H groups in total. The number of nitrogens with zero attached hydrogens (tertiary/aromatic N) is 1. The van der Waals surface area contributed by atoms with Crippen molar-refractivity contribution in [2.24, 2.45) is 0 Å². The molecule has 0 radical (unpaired) electrons. The van der Waals surface area contributed by atoms with Crippen molar-refractivity contribution < 1.29 is 9.53 Å². The summed E-state index contributed by atoms with van der Waals surface area (Å²) in [7, 11) is 3.56. The smallest absolute Gasteiger partial charge is 0.241 e. The van der Waals surface area contributed by atoms with Crippen LogP contribution in [-0.2, 0) is 11.3 Å². The number of anilines is 1. The minimum Gasteiger partial charge on any atom is -0.495 e. The maximum absolute atomic E-state index is 12.5. The number of carbonyl (C=O) groups is 1. The Morgan fingerprint density at radius 2 is 1.92 bits per heavy atom. The topological polar surface area (TPSA) is 41.6 Å². The van der Waals surface area contributed by atoms with Gasteiger partial charge in [0.25, 0.3) is 0 Å². The third-order valence-corrected chi connectivity index (χ3v) is 4.32. The fourth-order valence-corrected chi connectivity index (χ4v) is 2.61. The second-order valence-corrected chi connectivity index (χ2v) is 6.21. The van der Waals surface area contributed by atoms with Crippen molar-refractivity contribution in [1.82, 2.24) is 4.90 Å². The van der Waals surface area contributed by atoms with Crippen LogP contribution in [0.15, 0.2) is 42.5 Å². The van der Waals surface area contributed by atoms with Gasteiger partial charge in [0.15, 0.2) is 0 Å². The standard InChI is InChI=1S/C20H26N2O2/c1-14-10-11-17(15(2)12-14)13-22(4)16(3)20(23)21-18-8-6-7-9-19(18)24-5/h6-12,16H,13H2,1-5H3,(H,21,23)/t16-/m0/s1. The van der Waals surface area contributed by atoms with E-state index in [4.69, 9.17) is 4.74 Å². The number of rotatable bonds is 6. The van der Waals surface area contributed by atoms with Crippen molar-refractivity contribution in [3.63, 3.8) is 0 Å². The first kappa shape index (κ1) is 18.0. The number of benzene rings is 2. The van der Waals surface area contributed by atoms with Gasteiger partial charge < -0.3 is 10.1 Å². The zero-order chi connectivity index (χ0) is 17.7. The molecule has 0 aromatic heterocycles. The summed E-state index contributed by atoms with van der Waals surface area (Å²) >= 11 is 0. The van der Waals surface area contributed by atoms with Crippen LogP contribution in [0.25, 0.3) is 0 Å². The van der Waals surface area contributed by atoms with Crippen LogP contribution in [0.2, 0.25) is 0 Å². The van der Waals surface area contributed by atoms with Gasteiger partial charge >= 0.3 is 0 Å². The van der Waals surface area contributed by atoms with Crippen LogP contribution in [0.5, 0.6) is 5.75 Å². The maximum Gasteiger partial charge on any atom is 0.241 e. The second-order valence-electron chi connectivity index (χ2n) is 6.21. The van der Waals surface area contributed by atoms with Gasteiger partial charge in [-0.1, -0.05) is 35.9 Å². The number of nitrogens with one attached hydrogen (secondary N) is 1. The average Bonchev–Trinajstić information content (AvgIpc) is 2.57. The number of aryl methyl sites for hydroxylation is 2. The summed E-state index contributed by atoms with van der Waals surface area (Å²) in [4.78, 5) is 14.6. The van der Waals surface area contributed by atoms with E-state index < -0.39 is 0 Å². The van der Waals surface area contributed by atoms with E-state index in [1.54, 1.807) is 7.11 Å². The highest BCUT2D eigenvalue weighted by atomic mass is 16.5. The molecule has 1 atom stereocenters. The molecule has 2 aromatic rings. The van der Waals surface area contributed by atoms with E-state index in [1.807, 2.05) is 43.1 Å². The molecule has 0 heterocycles. The summed E-state index contributed by atoms with van der Waals surface area (Å²) in [6.07, 6.45) is 0. The van der Waals surface area contributed by atoms with E-state index in [1.165, 1.54) is 16.7 Å². The number of ether oxygens (including phenoxy) is 1. The largest absolute Gasteiger partial charge is 0.495 e. The summed E-state index contributed by atoms with van der Waals surface area (Å²) < 4.78 is 5.28. The fraction of sp³-hybridized carbons (Fsp3) is 0.350. The van der Waals surface area contributed by atoms with Gasteiger partial charge in [0.2, 0.25) is 5.91 Å². The predicted octanol–water partition coefficient (Wildman–Crippen LogP) is 3.77. The number of hydrogen-bond donors (Lipinski definition) is 1. The van der Waals surface area contributed by atoms with Crippen molar-refractivity contribution >= 4 is 11.6 Å². The highest BCUT2D eigenvalue weighted by Crippen LogP contribution is 2.23. The van der Waals surface area contributed by atoms with E-state index in [2.05, 4.69) is 37.4 Å². The van der Waals surface area contributed by atoms with Gasteiger partial charge in [-0.2, -0.15) is 0 Å². The Morgan fingerprint density at radius 3 is 2.58 bits per heavy atom. The van der Waals surface area contributed by atoms with E-state index in [0.29, 0.717) is 11.4 Å². The number of hydrogen-bond acceptors (Lipinski definition) is 3. The number of likely N-dealkylation sites (N-methyl/N-ethyl adjacent to an activating group) is 1. The Morgan fingerprint density at radius 1 is 1.21 bits per heavy atom. The number of amides is 1. The Balaban J connectivity index is 2.04. The van der Waals surface area contributed by atoms with Crippen molar-refractivity contribution in [3.8, 4) is 5.75 Å². The summed E-state index contributed by atoms with van der Waals surface area (Å²) in [5.41, 5.74) is 4.43. The molecule has 128 valence electrons. The first-order valence-electron chi connectivity index (χ1n) is 8.12. The van der Waals surface area contributed by atoms with Crippen LogP contribution in [0.1, 0.15) is 23.6 Å².